The van der Waals surface area contributed by atoms with Crippen molar-refractivity contribution in [2.45, 2.75) is 53.3 Å². The van der Waals surface area contributed by atoms with Crippen molar-refractivity contribution in [2.75, 3.05) is 18.1 Å². The molecule has 224 valence electrons. The number of anilines is 1. The van der Waals surface area contributed by atoms with Crippen LogP contribution in [0.2, 0.25) is 0 Å². The van der Waals surface area contributed by atoms with Crippen LogP contribution in [-0.4, -0.2) is 38.4 Å². The fourth-order valence-corrected chi connectivity index (χ4v) is 6.80. The van der Waals surface area contributed by atoms with Gasteiger partial charge in [0.1, 0.15) is 11.3 Å². The first kappa shape index (κ1) is 30.0. The predicted octanol–water partition coefficient (Wildman–Crippen LogP) is 5.31. The summed E-state index contributed by atoms with van der Waals surface area (Å²) in [7, 11) is -3.95. The van der Waals surface area contributed by atoms with E-state index in [9.17, 15) is 18.0 Å². The number of nitrogens with one attached hydrogen (secondary N) is 1. The summed E-state index contributed by atoms with van der Waals surface area (Å²) >= 11 is 0. The number of hydrogen-bond acceptors (Lipinski definition) is 7. The lowest BCUT2D eigenvalue weighted by atomic mass is 10.0. The lowest BCUT2D eigenvalue weighted by Crippen LogP contribution is -2.33. The molecule has 9 nitrogen and oxygen atoms in total. The molecule has 0 radical (unpaired) electrons. The molecule has 10 heteroatoms. The summed E-state index contributed by atoms with van der Waals surface area (Å²) in [5, 5.41) is 0.707. The van der Waals surface area contributed by atoms with E-state index in [-0.39, 0.29) is 24.6 Å². The highest BCUT2D eigenvalue weighted by atomic mass is 32.2. The maximum atomic E-state index is 13.9. The first-order valence-corrected chi connectivity index (χ1v) is 15.9. The standard InChI is InChI=1S/C33H35N3O6S/c1-6-41-31-24-12-9-15-34-30(24)32(42-7-2)26-18-36(33(38)29(26)31)27-14-13-23(16-22(27)5)19-43(39,40)35-28(37)17-25-20(3)10-8-11-21(25)4/h8-16H,6-7,17-19H2,1-5H3,(H,35,37). The molecule has 4 aromatic rings. The number of amides is 2. The second-order valence-corrected chi connectivity index (χ2v) is 12.3. The van der Waals surface area contributed by atoms with Crippen LogP contribution in [-0.2, 0) is 33.5 Å². The Morgan fingerprint density at radius 2 is 1.65 bits per heavy atom. The summed E-state index contributed by atoms with van der Waals surface area (Å²) in [5.74, 6) is -0.144. The van der Waals surface area contributed by atoms with Crippen molar-refractivity contribution in [2.24, 2.45) is 0 Å². The van der Waals surface area contributed by atoms with Gasteiger partial charge in [-0.1, -0.05) is 30.3 Å². The molecule has 0 unspecified atom stereocenters. The molecule has 5 rings (SSSR count). The molecule has 2 heterocycles. The number of benzene rings is 3. The van der Waals surface area contributed by atoms with E-state index in [1.54, 1.807) is 35.4 Å². The minimum Gasteiger partial charge on any atom is -0.492 e. The smallest absolute Gasteiger partial charge is 0.262 e. The molecular formula is C33H35N3O6S. The highest BCUT2D eigenvalue weighted by molar-refractivity contribution is 7.89. The summed E-state index contributed by atoms with van der Waals surface area (Å²) in [6, 6.07) is 14.5. The third kappa shape index (κ3) is 5.92. The molecule has 0 aliphatic carbocycles. The first-order chi connectivity index (χ1) is 20.5. The fourth-order valence-electron chi connectivity index (χ4n) is 5.69. The molecule has 1 aliphatic rings. The molecule has 0 fully saturated rings. The summed E-state index contributed by atoms with van der Waals surface area (Å²) in [5.41, 5.74) is 6.33. The Balaban J connectivity index is 1.39. The normalized spacial score (nSPS) is 12.9. The minimum atomic E-state index is -3.95. The van der Waals surface area contributed by atoms with Crippen molar-refractivity contribution in [3.05, 3.63) is 93.7 Å². The number of pyridine rings is 1. The summed E-state index contributed by atoms with van der Waals surface area (Å²) in [6.07, 6.45) is 1.66. The number of carbonyl (C=O) groups excluding carboxylic acids is 2. The Kier molecular flexibility index (Phi) is 8.41. The van der Waals surface area contributed by atoms with Gasteiger partial charge in [-0.2, -0.15) is 0 Å². The first-order valence-electron chi connectivity index (χ1n) is 14.2. The number of rotatable bonds is 10. The van der Waals surface area contributed by atoms with Crippen LogP contribution in [0.25, 0.3) is 10.9 Å². The SMILES string of the molecule is CCOc1c2c(c(OCC)c3ncccc13)CN(c1ccc(CS(=O)(=O)NC(=O)Cc3c(C)cccc3C)cc1C)C2=O. The lowest BCUT2D eigenvalue weighted by Gasteiger charge is -2.19. The Hall–Kier alpha value is -4.44. The van der Waals surface area contributed by atoms with E-state index in [0.29, 0.717) is 63.6 Å². The molecule has 1 aliphatic heterocycles. The molecular weight excluding hydrogens is 566 g/mol. The number of aryl methyl sites for hydroxylation is 3. The van der Waals surface area contributed by atoms with Gasteiger partial charge >= 0.3 is 0 Å². The van der Waals surface area contributed by atoms with Gasteiger partial charge in [-0.3, -0.25) is 19.3 Å². The number of sulfonamides is 1. The Bertz CT molecular complexity index is 1830. The van der Waals surface area contributed by atoms with Gasteiger partial charge in [0.25, 0.3) is 5.91 Å². The van der Waals surface area contributed by atoms with Crippen molar-refractivity contribution in [3.8, 4) is 11.5 Å². The van der Waals surface area contributed by atoms with Crippen LogP contribution in [0.4, 0.5) is 5.69 Å². The molecule has 0 saturated heterocycles. The number of hydrogen-bond donors (Lipinski definition) is 1. The zero-order valence-electron chi connectivity index (χ0n) is 25.0. The highest BCUT2D eigenvalue weighted by Gasteiger charge is 2.37. The van der Waals surface area contributed by atoms with Crippen molar-refractivity contribution >= 4 is 38.4 Å². The minimum absolute atomic E-state index is 0.0225. The van der Waals surface area contributed by atoms with Crippen LogP contribution in [0, 0.1) is 20.8 Å². The third-order valence-corrected chi connectivity index (χ3v) is 8.83. The summed E-state index contributed by atoms with van der Waals surface area (Å²) in [6.45, 7) is 10.4. The molecule has 0 spiro atoms. The van der Waals surface area contributed by atoms with Crippen molar-refractivity contribution in [1.82, 2.24) is 9.71 Å². The van der Waals surface area contributed by atoms with Crippen molar-refractivity contribution in [1.29, 1.82) is 0 Å². The molecule has 3 aromatic carbocycles. The zero-order valence-corrected chi connectivity index (χ0v) is 25.8. The Labute approximate surface area is 251 Å². The van der Waals surface area contributed by atoms with Crippen LogP contribution in [0.15, 0.2) is 54.7 Å². The fraction of sp³-hybridized carbons (Fsp3) is 0.303. The van der Waals surface area contributed by atoms with E-state index in [1.807, 2.05) is 58.9 Å². The van der Waals surface area contributed by atoms with Gasteiger partial charge in [-0.05, 0) is 80.6 Å². The quantitative estimate of drug-likeness (QED) is 0.262. The second kappa shape index (κ2) is 12.0. The summed E-state index contributed by atoms with van der Waals surface area (Å²) < 4.78 is 40.0. The number of aromatic nitrogens is 1. The van der Waals surface area contributed by atoms with Crippen LogP contribution >= 0.6 is 0 Å². The van der Waals surface area contributed by atoms with Gasteiger partial charge in [0.2, 0.25) is 15.9 Å². The summed E-state index contributed by atoms with van der Waals surface area (Å²) in [4.78, 5) is 32.7. The Morgan fingerprint density at radius 1 is 0.953 bits per heavy atom. The maximum absolute atomic E-state index is 13.9. The monoisotopic (exact) mass is 601 g/mol. The molecule has 43 heavy (non-hydrogen) atoms. The van der Waals surface area contributed by atoms with Crippen LogP contribution in [0.5, 0.6) is 11.5 Å². The van der Waals surface area contributed by atoms with Gasteiger partial charge in [-0.25, -0.2) is 8.42 Å². The molecule has 2 amide bonds. The van der Waals surface area contributed by atoms with Crippen LogP contribution < -0.4 is 19.1 Å². The zero-order chi connectivity index (χ0) is 30.9. The van der Waals surface area contributed by atoms with E-state index in [2.05, 4.69) is 9.71 Å². The largest absolute Gasteiger partial charge is 0.492 e. The number of carbonyl (C=O) groups is 2. The van der Waals surface area contributed by atoms with Crippen molar-refractivity contribution < 1.29 is 27.5 Å². The topological polar surface area (TPSA) is 115 Å². The van der Waals surface area contributed by atoms with E-state index >= 15 is 0 Å². The highest BCUT2D eigenvalue weighted by Crippen LogP contribution is 2.45. The predicted molar refractivity (Wildman–Crippen MR) is 166 cm³/mol. The van der Waals surface area contributed by atoms with Gasteiger partial charge in [0.15, 0.2) is 5.75 Å². The van der Waals surface area contributed by atoms with Gasteiger partial charge in [0.05, 0.1) is 37.5 Å². The van der Waals surface area contributed by atoms with E-state index in [4.69, 9.17) is 9.47 Å². The van der Waals surface area contributed by atoms with Crippen LogP contribution in [0.1, 0.15) is 57.6 Å². The lowest BCUT2D eigenvalue weighted by molar-refractivity contribution is -0.118. The number of ether oxygens (including phenoxy) is 2. The molecule has 1 aromatic heterocycles. The maximum Gasteiger partial charge on any atom is 0.262 e. The number of nitrogens with zero attached hydrogens (tertiary/aromatic N) is 2. The molecule has 0 saturated carbocycles. The molecule has 1 N–H and O–H groups in total. The van der Waals surface area contributed by atoms with Gasteiger partial charge < -0.3 is 14.4 Å². The van der Waals surface area contributed by atoms with Crippen LogP contribution in [0.3, 0.4) is 0 Å². The van der Waals surface area contributed by atoms with Crippen molar-refractivity contribution in [3.63, 3.8) is 0 Å². The van der Waals surface area contributed by atoms with E-state index in [1.165, 1.54) is 0 Å². The third-order valence-electron chi connectivity index (χ3n) is 7.58. The average molecular weight is 602 g/mol. The van der Waals surface area contributed by atoms with E-state index in [0.717, 1.165) is 16.7 Å². The average Bonchev–Trinajstić information content (AvgIpc) is 3.28. The number of fused-ring (bicyclic) bond motifs is 2. The van der Waals surface area contributed by atoms with Gasteiger partial charge in [-0.15, -0.1) is 0 Å². The second-order valence-electron chi connectivity index (χ2n) is 10.6. The van der Waals surface area contributed by atoms with Gasteiger partial charge in [0, 0.05) is 22.8 Å². The van der Waals surface area contributed by atoms with E-state index < -0.39 is 15.9 Å². The molecule has 0 atom stereocenters. The Morgan fingerprint density at radius 3 is 2.33 bits per heavy atom. The molecule has 0 bridgehead atoms.